The topological polar surface area (TPSA) is 40.6 Å². The van der Waals surface area contributed by atoms with Crippen LogP contribution in [0.4, 0.5) is 4.39 Å². The first-order chi connectivity index (χ1) is 12.0. The van der Waals surface area contributed by atoms with E-state index in [0.717, 1.165) is 11.1 Å². The van der Waals surface area contributed by atoms with Crippen LogP contribution in [0.25, 0.3) is 0 Å². The van der Waals surface area contributed by atoms with E-state index < -0.39 is 0 Å². The summed E-state index contributed by atoms with van der Waals surface area (Å²) in [6, 6.07) is 15.6. The second-order valence-corrected chi connectivity index (χ2v) is 6.28. The summed E-state index contributed by atoms with van der Waals surface area (Å²) in [6.07, 6.45) is 0.226. The highest BCUT2D eigenvalue weighted by atomic mass is 19.1. The highest BCUT2D eigenvalue weighted by Crippen LogP contribution is 2.26. The van der Waals surface area contributed by atoms with Gasteiger partial charge in [-0.15, -0.1) is 0 Å². The summed E-state index contributed by atoms with van der Waals surface area (Å²) in [5, 5.41) is 0. The lowest BCUT2D eigenvalue weighted by Crippen LogP contribution is -2.52. The zero-order chi connectivity index (χ0) is 17.8. The molecule has 1 saturated heterocycles. The van der Waals surface area contributed by atoms with Crippen LogP contribution < -0.4 is 0 Å². The first-order valence-electron chi connectivity index (χ1n) is 8.39. The van der Waals surface area contributed by atoms with E-state index >= 15 is 0 Å². The predicted octanol–water partition coefficient (Wildman–Crippen LogP) is 2.80. The number of carbonyl (C=O) groups is 2. The van der Waals surface area contributed by atoms with E-state index in [1.54, 1.807) is 24.0 Å². The minimum absolute atomic E-state index is 0.0105. The molecule has 0 unspecified atom stereocenters. The normalized spacial score (nSPS) is 17.4. The van der Waals surface area contributed by atoms with Gasteiger partial charge in [-0.1, -0.05) is 42.5 Å². The molecule has 1 atom stereocenters. The van der Waals surface area contributed by atoms with Gasteiger partial charge in [0.25, 0.3) is 0 Å². The fraction of sp³-hybridized carbons (Fsp3) is 0.300. The summed E-state index contributed by atoms with van der Waals surface area (Å²) in [5.41, 5.74) is 1.80. The highest BCUT2D eigenvalue weighted by Gasteiger charge is 2.32. The molecule has 0 spiro atoms. The van der Waals surface area contributed by atoms with Crippen LogP contribution >= 0.6 is 0 Å². The number of carbonyl (C=O) groups excluding carboxylic acids is 2. The molecule has 1 aliphatic rings. The number of hydrogen-bond acceptors (Lipinski definition) is 2. The van der Waals surface area contributed by atoms with Crippen molar-refractivity contribution in [2.75, 3.05) is 19.6 Å². The minimum atomic E-state index is -0.312. The molecule has 0 saturated carbocycles. The molecule has 0 N–H and O–H groups in total. The molecule has 2 aromatic carbocycles. The van der Waals surface area contributed by atoms with E-state index in [9.17, 15) is 14.0 Å². The van der Waals surface area contributed by atoms with E-state index in [4.69, 9.17) is 0 Å². The Morgan fingerprint density at radius 2 is 1.72 bits per heavy atom. The summed E-state index contributed by atoms with van der Waals surface area (Å²) < 4.78 is 13.0. The van der Waals surface area contributed by atoms with Crippen LogP contribution in [0.3, 0.4) is 0 Å². The van der Waals surface area contributed by atoms with E-state index in [1.807, 2.05) is 35.2 Å². The van der Waals surface area contributed by atoms with E-state index in [0.29, 0.717) is 19.6 Å². The molecule has 2 aromatic rings. The second-order valence-electron chi connectivity index (χ2n) is 6.28. The molecular weight excluding hydrogens is 319 g/mol. The number of nitrogens with zero attached hydrogens (tertiary/aromatic N) is 2. The molecule has 25 heavy (non-hydrogen) atoms. The first-order valence-corrected chi connectivity index (χ1v) is 8.39. The number of piperazine rings is 1. The fourth-order valence-electron chi connectivity index (χ4n) is 3.21. The Labute approximate surface area is 146 Å². The van der Waals surface area contributed by atoms with Crippen LogP contribution in [0.5, 0.6) is 0 Å². The second kappa shape index (κ2) is 7.47. The standard InChI is InChI=1S/C20H21FN2O2/c1-15(24)22-11-12-23(19(14-22)17-5-3-2-4-6-17)20(25)13-16-7-9-18(21)10-8-16/h2-10,19H,11-14H2,1H3/t19-/m1/s1. The number of benzene rings is 2. The Balaban J connectivity index is 1.80. The van der Waals surface area contributed by atoms with Gasteiger partial charge < -0.3 is 9.80 Å². The number of hydrogen-bond donors (Lipinski definition) is 0. The van der Waals surface area contributed by atoms with Crippen molar-refractivity contribution in [2.24, 2.45) is 0 Å². The van der Waals surface area contributed by atoms with Crippen LogP contribution in [-0.4, -0.2) is 41.2 Å². The zero-order valence-electron chi connectivity index (χ0n) is 14.2. The average Bonchev–Trinajstić information content (AvgIpc) is 2.63. The highest BCUT2D eigenvalue weighted by molar-refractivity contribution is 5.80. The summed E-state index contributed by atoms with van der Waals surface area (Å²) in [6.45, 7) is 3.08. The third-order valence-electron chi connectivity index (χ3n) is 4.60. The Bertz CT molecular complexity index is 746. The molecule has 4 nitrogen and oxygen atoms in total. The van der Waals surface area contributed by atoms with Crippen LogP contribution in [0.1, 0.15) is 24.1 Å². The van der Waals surface area contributed by atoms with Crippen molar-refractivity contribution >= 4 is 11.8 Å². The van der Waals surface area contributed by atoms with Crippen LogP contribution in [0, 0.1) is 5.82 Å². The molecule has 1 heterocycles. The van der Waals surface area contributed by atoms with Crippen molar-refractivity contribution in [3.63, 3.8) is 0 Å². The van der Waals surface area contributed by atoms with Gasteiger partial charge in [-0.05, 0) is 23.3 Å². The molecule has 1 fully saturated rings. The van der Waals surface area contributed by atoms with Crippen LogP contribution in [-0.2, 0) is 16.0 Å². The van der Waals surface area contributed by atoms with Gasteiger partial charge in [-0.3, -0.25) is 9.59 Å². The van der Waals surface area contributed by atoms with Crippen molar-refractivity contribution < 1.29 is 14.0 Å². The van der Waals surface area contributed by atoms with Gasteiger partial charge in [-0.25, -0.2) is 4.39 Å². The minimum Gasteiger partial charge on any atom is -0.339 e. The maximum Gasteiger partial charge on any atom is 0.227 e. The van der Waals surface area contributed by atoms with Crippen molar-refractivity contribution in [1.29, 1.82) is 0 Å². The van der Waals surface area contributed by atoms with E-state index in [2.05, 4.69) is 0 Å². The largest absolute Gasteiger partial charge is 0.339 e. The third-order valence-corrected chi connectivity index (χ3v) is 4.60. The quantitative estimate of drug-likeness (QED) is 0.862. The van der Waals surface area contributed by atoms with Gasteiger partial charge in [0.1, 0.15) is 5.82 Å². The van der Waals surface area contributed by atoms with Crippen molar-refractivity contribution in [3.8, 4) is 0 Å². The Kier molecular flexibility index (Phi) is 5.12. The summed E-state index contributed by atoms with van der Waals surface area (Å²) in [7, 11) is 0. The molecule has 130 valence electrons. The summed E-state index contributed by atoms with van der Waals surface area (Å²) in [4.78, 5) is 28.2. The van der Waals surface area contributed by atoms with Crippen molar-refractivity contribution in [3.05, 3.63) is 71.5 Å². The van der Waals surface area contributed by atoms with Gasteiger partial charge >= 0.3 is 0 Å². The number of amides is 2. The van der Waals surface area contributed by atoms with Gasteiger partial charge in [0, 0.05) is 26.6 Å². The van der Waals surface area contributed by atoms with Gasteiger partial charge in [0.05, 0.1) is 12.5 Å². The lowest BCUT2D eigenvalue weighted by atomic mass is 10.0. The van der Waals surface area contributed by atoms with E-state index in [1.165, 1.54) is 12.1 Å². The fourth-order valence-corrected chi connectivity index (χ4v) is 3.21. The lowest BCUT2D eigenvalue weighted by molar-refractivity contribution is -0.141. The molecule has 0 aliphatic carbocycles. The monoisotopic (exact) mass is 340 g/mol. The Hall–Kier alpha value is -2.69. The molecule has 0 bridgehead atoms. The van der Waals surface area contributed by atoms with Crippen LogP contribution in [0.2, 0.25) is 0 Å². The van der Waals surface area contributed by atoms with Crippen molar-refractivity contribution in [2.45, 2.75) is 19.4 Å². The lowest BCUT2D eigenvalue weighted by Gasteiger charge is -2.41. The SMILES string of the molecule is CC(=O)N1CCN(C(=O)Cc2ccc(F)cc2)[C@@H](c2ccccc2)C1. The molecule has 2 amide bonds. The molecule has 0 aromatic heterocycles. The van der Waals surface area contributed by atoms with Gasteiger partial charge in [-0.2, -0.15) is 0 Å². The van der Waals surface area contributed by atoms with Gasteiger partial charge in [0.15, 0.2) is 0 Å². The summed E-state index contributed by atoms with van der Waals surface area (Å²) >= 11 is 0. The van der Waals surface area contributed by atoms with Crippen molar-refractivity contribution in [1.82, 2.24) is 9.80 Å². The Morgan fingerprint density at radius 1 is 1.04 bits per heavy atom. The first kappa shape index (κ1) is 17.1. The molecule has 3 rings (SSSR count). The number of rotatable bonds is 3. The smallest absolute Gasteiger partial charge is 0.227 e. The zero-order valence-corrected chi connectivity index (χ0v) is 14.2. The number of halogens is 1. The van der Waals surface area contributed by atoms with Gasteiger partial charge in [0.2, 0.25) is 11.8 Å². The molecule has 1 aliphatic heterocycles. The maximum absolute atomic E-state index is 13.0. The molecule has 5 heteroatoms. The summed E-state index contributed by atoms with van der Waals surface area (Å²) in [5.74, 6) is -0.302. The maximum atomic E-state index is 13.0. The Morgan fingerprint density at radius 3 is 2.36 bits per heavy atom. The third kappa shape index (κ3) is 4.05. The molecular formula is C20H21FN2O2. The average molecular weight is 340 g/mol. The van der Waals surface area contributed by atoms with E-state index in [-0.39, 0.29) is 30.1 Å². The predicted molar refractivity (Wildman–Crippen MR) is 93.3 cm³/mol. The molecule has 0 radical (unpaired) electrons. The van der Waals surface area contributed by atoms with Crippen LogP contribution in [0.15, 0.2) is 54.6 Å².